The first-order valence-electron chi connectivity index (χ1n) is 5.90. The lowest BCUT2D eigenvalue weighted by atomic mass is 9.96. The Balaban J connectivity index is 2.62. The molecule has 0 aliphatic rings. The Hall–Kier alpha value is -1.47. The Kier molecular flexibility index (Phi) is 5.73. The Bertz CT molecular complexity index is 432. The predicted molar refractivity (Wildman–Crippen MR) is 78.5 cm³/mol. The van der Waals surface area contributed by atoms with Crippen LogP contribution >= 0.6 is 11.8 Å². The molecule has 0 radical (unpaired) electrons. The Morgan fingerprint density at radius 2 is 2.06 bits per heavy atom. The summed E-state index contributed by atoms with van der Waals surface area (Å²) < 4.78 is 0. The molecule has 96 valence electrons. The molecule has 0 amide bonds. The minimum Gasteiger partial charge on any atom is -0.272 e. The van der Waals surface area contributed by atoms with Crippen LogP contribution in [0.5, 0.6) is 0 Å². The molecule has 3 nitrogen and oxygen atoms in total. The van der Waals surface area contributed by atoms with Crippen molar-refractivity contribution in [1.82, 2.24) is 5.32 Å². The van der Waals surface area contributed by atoms with Gasteiger partial charge in [0, 0.05) is 0 Å². The highest BCUT2D eigenvalue weighted by Gasteiger charge is 2.17. The molecule has 0 fully saturated rings. The van der Waals surface area contributed by atoms with Gasteiger partial charge in [-0.3, -0.25) is 10.3 Å². The van der Waals surface area contributed by atoms with Crippen molar-refractivity contribution in [3.05, 3.63) is 35.9 Å². The molecule has 0 atom stereocenters. The Morgan fingerprint density at radius 1 is 1.39 bits per heavy atom. The molecule has 0 bridgehead atoms. The van der Waals surface area contributed by atoms with Crippen LogP contribution in [0.2, 0.25) is 0 Å². The fourth-order valence-electron chi connectivity index (χ4n) is 1.60. The van der Waals surface area contributed by atoms with Crippen LogP contribution in [0, 0.1) is 11.5 Å². The smallest absolute Gasteiger partial charge is 0.183 e. The summed E-state index contributed by atoms with van der Waals surface area (Å²) >= 11 is 1.46. The van der Waals surface area contributed by atoms with E-state index in [2.05, 4.69) is 48.4 Å². The Labute approximate surface area is 113 Å². The molecular weight excluding hydrogens is 242 g/mol. The number of aliphatic imine (C=N–C) groups is 1. The van der Waals surface area contributed by atoms with Crippen molar-refractivity contribution in [2.75, 3.05) is 6.26 Å². The van der Waals surface area contributed by atoms with E-state index < -0.39 is 0 Å². The number of hydrogen-bond donors (Lipinski definition) is 1. The molecule has 1 aromatic rings. The minimum absolute atomic E-state index is 0.169. The van der Waals surface area contributed by atoms with Gasteiger partial charge < -0.3 is 0 Å². The standard InChI is InChI=1S/C14H19N3S/c1-14(2,17-13(18-3)16-11-15)10-9-12-7-5-4-6-8-12/h4-8H,9-10H2,1-3H3,(H,16,17). The van der Waals surface area contributed by atoms with Gasteiger partial charge in [0.1, 0.15) is 0 Å². The lowest BCUT2D eigenvalue weighted by molar-refractivity contribution is 0.480. The van der Waals surface area contributed by atoms with Crippen molar-refractivity contribution in [3.63, 3.8) is 0 Å². The number of rotatable bonds is 4. The van der Waals surface area contributed by atoms with Gasteiger partial charge in [-0.05, 0) is 38.5 Å². The summed E-state index contributed by atoms with van der Waals surface area (Å²) in [5, 5.41) is 11.9. The second-order valence-corrected chi connectivity index (χ2v) is 5.45. The third kappa shape index (κ3) is 5.24. The molecule has 0 aliphatic heterocycles. The fraction of sp³-hybridized carbons (Fsp3) is 0.429. The van der Waals surface area contributed by atoms with Crippen LogP contribution in [0.1, 0.15) is 25.8 Å². The van der Waals surface area contributed by atoms with Crippen molar-refractivity contribution in [2.24, 2.45) is 4.99 Å². The van der Waals surface area contributed by atoms with E-state index in [4.69, 9.17) is 5.26 Å². The van der Waals surface area contributed by atoms with Crippen LogP contribution in [-0.4, -0.2) is 17.0 Å². The molecule has 0 spiro atoms. The second kappa shape index (κ2) is 7.07. The topological polar surface area (TPSA) is 48.2 Å². The van der Waals surface area contributed by atoms with E-state index in [1.54, 1.807) is 0 Å². The third-order valence-electron chi connectivity index (χ3n) is 2.63. The van der Waals surface area contributed by atoms with E-state index in [-0.39, 0.29) is 5.54 Å². The Morgan fingerprint density at radius 3 is 2.61 bits per heavy atom. The maximum atomic E-state index is 8.62. The van der Waals surface area contributed by atoms with E-state index in [9.17, 15) is 0 Å². The zero-order chi connectivity index (χ0) is 13.4. The van der Waals surface area contributed by atoms with Gasteiger partial charge in [0.25, 0.3) is 0 Å². The summed E-state index contributed by atoms with van der Waals surface area (Å²) in [6, 6.07) is 10.4. The molecule has 0 aliphatic carbocycles. The van der Waals surface area contributed by atoms with Gasteiger partial charge in [-0.1, -0.05) is 42.1 Å². The molecule has 1 N–H and O–H groups in total. The number of nitrogens with zero attached hydrogens (tertiary/aromatic N) is 2. The zero-order valence-electron chi connectivity index (χ0n) is 11.1. The van der Waals surface area contributed by atoms with Gasteiger partial charge in [-0.15, -0.1) is 0 Å². The molecular formula is C14H19N3S. The van der Waals surface area contributed by atoms with Crippen molar-refractivity contribution in [3.8, 4) is 6.19 Å². The molecule has 0 saturated heterocycles. The summed E-state index contributed by atoms with van der Waals surface area (Å²) in [5.41, 5.74) is 1.15. The largest absolute Gasteiger partial charge is 0.272 e. The third-order valence-corrected chi connectivity index (χ3v) is 3.21. The summed E-state index contributed by atoms with van der Waals surface area (Å²) in [6.45, 7) is 4.18. The maximum Gasteiger partial charge on any atom is 0.183 e. The molecule has 0 heterocycles. The number of nitrogens with one attached hydrogen (secondary N) is 1. The molecule has 18 heavy (non-hydrogen) atoms. The number of hydrogen-bond acceptors (Lipinski definition) is 3. The molecule has 4 heteroatoms. The SMILES string of the molecule is CSC(=NC(C)(C)CCc1ccccc1)NC#N. The van der Waals surface area contributed by atoms with Crippen LogP contribution in [-0.2, 0) is 6.42 Å². The van der Waals surface area contributed by atoms with Gasteiger partial charge in [-0.25, -0.2) is 0 Å². The highest BCUT2D eigenvalue weighted by Crippen LogP contribution is 2.19. The first kappa shape index (κ1) is 14.6. The monoisotopic (exact) mass is 261 g/mol. The lowest BCUT2D eigenvalue weighted by Gasteiger charge is -2.20. The molecule has 0 saturated carbocycles. The van der Waals surface area contributed by atoms with Crippen LogP contribution < -0.4 is 5.32 Å². The van der Waals surface area contributed by atoms with E-state index >= 15 is 0 Å². The average Bonchev–Trinajstić information content (AvgIpc) is 2.37. The lowest BCUT2D eigenvalue weighted by Crippen LogP contribution is -2.24. The van der Waals surface area contributed by atoms with Crippen LogP contribution in [0.25, 0.3) is 0 Å². The van der Waals surface area contributed by atoms with Gasteiger partial charge in [0.05, 0.1) is 5.54 Å². The average molecular weight is 261 g/mol. The number of amidine groups is 1. The molecule has 0 aromatic heterocycles. The highest BCUT2D eigenvalue weighted by molar-refractivity contribution is 8.13. The number of thioether (sulfide) groups is 1. The predicted octanol–water partition coefficient (Wildman–Crippen LogP) is 3.19. The quantitative estimate of drug-likeness (QED) is 0.392. The number of nitriles is 1. The number of aryl methyl sites for hydroxylation is 1. The van der Waals surface area contributed by atoms with Crippen LogP contribution in [0.3, 0.4) is 0 Å². The van der Waals surface area contributed by atoms with Crippen molar-refractivity contribution in [1.29, 1.82) is 5.26 Å². The van der Waals surface area contributed by atoms with E-state index in [1.165, 1.54) is 17.3 Å². The maximum absolute atomic E-state index is 8.62. The van der Waals surface area contributed by atoms with Gasteiger partial charge in [0.2, 0.25) is 0 Å². The molecule has 1 aromatic carbocycles. The normalized spacial score (nSPS) is 12.0. The van der Waals surface area contributed by atoms with Crippen molar-refractivity contribution < 1.29 is 0 Å². The van der Waals surface area contributed by atoms with Gasteiger partial charge in [-0.2, -0.15) is 5.26 Å². The van der Waals surface area contributed by atoms with Gasteiger partial charge >= 0.3 is 0 Å². The summed E-state index contributed by atoms with van der Waals surface area (Å²) in [7, 11) is 0. The summed E-state index contributed by atoms with van der Waals surface area (Å²) in [6.07, 6.45) is 5.77. The molecule has 0 unspecified atom stereocenters. The first-order chi connectivity index (χ1) is 8.57. The highest BCUT2D eigenvalue weighted by atomic mass is 32.2. The van der Waals surface area contributed by atoms with Gasteiger partial charge in [0.15, 0.2) is 11.4 Å². The zero-order valence-corrected chi connectivity index (χ0v) is 11.9. The minimum atomic E-state index is -0.169. The van der Waals surface area contributed by atoms with E-state index in [0.717, 1.165) is 12.8 Å². The second-order valence-electron chi connectivity index (χ2n) is 4.66. The fourth-order valence-corrected chi connectivity index (χ4v) is 2.08. The van der Waals surface area contributed by atoms with E-state index in [0.29, 0.717) is 5.17 Å². The van der Waals surface area contributed by atoms with Crippen molar-refractivity contribution in [2.45, 2.75) is 32.2 Å². The van der Waals surface area contributed by atoms with Crippen LogP contribution in [0.15, 0.2) is 35.3 Å². The number of benzene rings is 1. The summed E-state index contributed by atoms with van der Waals surface area (Å²) in [5.74, 6) is 0. The van der Waals surface area contributed by atoms with Crippen LogP contribution in [0.4, 0.5) is 0 Å². The molecule has 1 rings (SSSR count). The first-order valence-corrected chi connectivity index (χ1v) is 7.13. The summed E-state index contributed by atoms with van der Waals surface area (Å²) in [4.78, 5) is 4.58. The van der Waals surface area contributed by atoms with E-state index in [1.807, 2.05) is 18.5 Å². The van der Waals surface area contributed by atoms with Crippen molar-refractivity contribution >= 4 is 16.9 Å².